The van der Waals surface area contributed by atoms with Gasteiger partial charge in [-0.25, -0.2) is 4.98 Å². The highest BCUT2D eigenvalue weighted by Crippen LogP contribution is 2.16. The SMILES string of the molecule is Cc1cc(NC(=O)c2ccc(Cl)o2)ncc1N. The molecule has 0 bridgehead atoms. The van der Waals surface area contributed by atoms with E-state index in [9.17, 15) is 4.79 Å². The second kappa shape index (κ2) is 4.47. The summed E-state index contributed by atoms with van der Waals surface area (Å²) in [6.45, 7) is 1.83. The van der Waals surface area contributed by atoms with E-state index < -0.39 is 5.91 Å². The molecule has 0 unspecified atom stereocenters. The van der Waals surface area contributed by atoms with E-state index in [1.165, 1.54) is 18.3 Å². The lowest BCUT2D eigenvalue weighted by molar-refractivity contribution is 0.0996. The van der Waals surface area contributed by atoms with Crippen LogP contribution >= 0.6 is 11.6 Å². The number of halogens is 1. The van der Waals surface area contributed by atoms with Crippen molar-refractivity contribution in [3.63, 3.8) is 0 Å². The fraction of sp³-hybridized carbons (Fsp3) is 0.0909. The second-order valence-corrected chi connectivity index (χ2v) is 3.86. The summed E-state index contributed by atoms with van der Waals surface area (Å²) in [5.41, 5.74) is 7.04. The molecule has 2 aromatic heterocycles. The third-order valence-electron chi connectivity index (χ3n) is 2.19. The van der Waals surface area contributed by atoms with Crippen molar-refractivity contribution >= 4 is 29.0 Å². The Hall–Kier alpha value is -2.01. The zero-order valence-electron chi connectivity index (χ0n) is 9.03. The zero-order valence-corrected chi connectivity index (χ0v) is 9.78. The van der Waals surface area contributed by atoms with Crippen LogP contribution in [-0.4, -0.2) is 10.9 Å². The van der Waals surface area contributed by atoms with Gasteiger partial charge in [-0.3, -0.25) is 4.79 Å². The molecule has 0 atom stereocenters. The summed E-state index contributed by atoms with van der Waals surface area (Å²) in [4.78, 5) is 15.7. The van der Waals surface area contributed by atoms with Gasteiger partial charge in [-0.05, 0) is 42.3 Å². The summed E-state index contributed by atoms with van der Waals surface area (Å²) in [6.07, 6.45) is 1.49. The number of aryl methyl sites for hydroxylation is 1. The summed E-state index contributed by atoms with van der Waals surface area (Å²) in [5, 5.41) is 2.75. The summed E-state index contributed by atoms with van der Waals surface area (Å²) < 4.78 is 4.97. The number of amides is 1. The predicted molar refractivity (Wildman–Crippen MR) is 65.1 cm³/mol. The van der Waals surface area contributed by atoms with Gasteiger partial charge >= 0.3 is 0 Å². The van der Waals surface area contributed by atoms with Gasteiger partial charge in [0.25, 0.3) is 5.91 Å². The number of anilines is 2. The number of nitrogen functional groups attached to an aromatic ring is 1. The Kier molecular flexibility index (Phi) is 3.01. The van der Waals surface area contributed by atoms with Crippen LogP contribution in [0.4, 0.5) is 11.5 Å². The number of rotatable bonds is 2. The molecule has 0 aliphatic rings. The molecule has 3 N–H and O–H groups in total. The van der Waals surface area contributed by atoms with E-state index in [4.69, 9.17) is 21.8 Å². The minimum atomic E-state index is -0.409. The van der Waals surface area contributed by atoms with Crippen LogP contribution in [0, 0.1) is 6.92 Å². The molecule has 6 heteroatoms. The van der Waals surface area contributed by atoms with Gasteiger partial charge in [0.2, 0.25) is 0 Å². The van der Waals surface area contributed by atoms with Gasteiger partial charge in [-0.1, -0.05) is 0 Å². The topological polar surface area (TPSA) is 81.2 Å². The van der Waals surface area contributed by atoms with Crippen molar-refractivity contribution in [1.82, 2.24) is 4.98 Å². The summed E-state index contributed by atoms with van der Waals surface area (Å²) >= 11 is 5.57. The number of hydrogen-bond acceptors (Lipinski definition) is 4. The Morgan fingerprint density at radius 2 is 2.29 bits per heavy atom. The number of pyridine rings is 1. The van der Waals surface area contributed by atoms with Gasteiger partial charge in [0.1, 0.15) is 5.82 Å². The molecule has 5 nitrogen and oxygen atoms in total. The Morgan fingerprint density at radius 1 is 1.53 bits per heavy atom. The molecular formula is C11H10ClN3O2. The maximum Gasteiger partial charge on any atom is 0.292 e. The van der Waals surface area contributed by atoms with Crippen LogP contribution in [0.1, 0.15) is 16.1 Å². The highest BCUT2D eigenvalue weighted by molar-refractivity contribution is 6.29. The van der Waals surface area contributed by atoms with E-state index in [-0.39, 0.29) is 11.0 Å². The lowest BCUT2D eigenvalue weighted by atomic mass is 10.2. The molecule has 2 aromatic rings. The van der Waals surface area contributed by atoms with Crippen LogP contribution in [0.5, 0.6) is 0 Å². The van der Waals surface area contributed by atoms with Crippen molar-refractivity contribution < 1.29 is 9.21 Å². The van der Waals surface area contributed by atoms with Crippen molar-refractivity contribution in [1.29, 1.82) is 0 Å². The van der Waals surface area contributed by atoms with Gasteiger partial charge in [0, 0.05) is 0 Å². The Balaban J connectivity index is 2.15. The van der Waals surface area contributed by atoms with Gasteiger partial charge < -0.3 is 15.5 Å². The average Bonchev–Trinajstić information content (AvgIpc) is 2.70. The first-order valence-corrected chi connectivity index (χ1v) is 5.23. The van der Waals surface area contributed by atoms with Crippen LogP contribution in [0.2, 0.25) is 5.22 Å². The van der Waals surface area contributed by atoms with E-state index in [1.807, 2.05) is 6.92 Å². The van der Waals surface area contributed by atoms with E-state index >= 15 is 0 Å². The number of nitrogens with zero attached hydrogens (tertiary/aromatic N) is 1. The summed E-state index contributed by atoms with van der Waals surface area (Å²) in [7, 11) is 0. The fourth-order valence-corrected chi connectivity index (χ4v) is 1.40. The number of aromatic nitrogens is 1. The highest BCUT2D eigenvalue weighted by Gasteiger charge is 2.11. The molecule has 0 aromatic carbocycles. The maximum atomic E-state index is 11.7. The summed E-state index contributed by atoms with van der Waals surface area (Å²) in [5.74, 6) is 0.133. The first kappa shape index (κ1) is 11.5. The quantitative estimate of drug-likeness (QED) is 0.859. The number of nitrogens with one attached hydrogen (secondary N) is 1. The zero-order chi connectivity index (χ0) is 12.4. The minimum absolute atomic E-state index is 0.131. The molecule has 0 saturated heterocycles. The number of carbonyl (C=O) groups is 1. The normalized spacial score (nSPS) is 10.2. The van der Waals surface area contributed by atoms with Gasteiger partial charge in [-0.2, -0.15) is 0 Å². The second-order valence-electron chi connectivity index (χ2n) is 3.48. The van der Waals surface area contributed by atoms with E-state index in [0.29, 0.717) is 11.5 Å². The molecule has 0 saturated carbocycles. The van der Waals surface area contributed by atoms with Gasteiger partial charge in [0.05, 0.1) is 11.9 Å². The van der Waals surface area contributed by atoms with E-state index in [2.05, 4.69) is 10.3 Å². The first-order chi connectivity index (χ1) is 8.06. The lowest BCUT2D eigenvalue weighted by Crippen LogP contribution is -2.12. The molecule has 0 radical (unpaired) electrons. The average molecular weight is 252 g/mol. The third-order valence-corrected chi connectivity index (χ3v) is 2.39. The van der Waals surface area contributed by atoms with Crippen LogP contribution in [0.3, 0.4) is 0 Å². The number of nitrogens with two attached hydrogens (primary N) is 1. The van der Waals surface area contributed by atoms with Gasteiger partial charge in [-0.15, -0.1) is 0 Å². The van der Waals surface area contributed by atoms with E-state index in [0.717, 1.165) is 5.56 Å². The monoisotopic (exact) mass is 251 g/mol. The van der Waals surface area contributed by atoms with Crippen LogP contribution in [-0.2, 0) is 0 Å². The molecule has 0 fully saturated rings. The Morgan fingerprint density at radius 3 is 2.88 bits per heavy atom. The lowest BCUT2D eigenvalue weighted by Gasteiger charge is -2.04. The molecular weight excluding hydrogens is 242 g/mol. The van der Waals surface area contributed by atoms with Crippen LogP contribution in [0.15, 0.2) is 28.8 Å². The van der Waals surface area contributed by atoms with E-state index in [1.54, 1.807) is 6.07 Å². The molecule has 88 valence electrons. The standard InChI is InChI=1S/C11H10ClN3O2/c1-6-4-10(14-5-7(6)13)15-11(16)8-2-3-9(12)17-8/h2-5H,13H2,1H3,(H,14,15,16). The molecule has 17 heavy (non-hydrogen) atoms. The molecule has 1 amide bonds. The molecule has 0 aliphatic heterocycles. The number of hydrogen-bond donors (Lipinski definition) is 2. The van der Waals surface area contributed by atoms with Crippen molar-refractivity contribution in [3.05, 3.63) is 40.9 Å². The first-order valence-electron chi connectivity index (χ1n) is 4.85. The highest BCUT2D eigenvalue weighted by atomic mass is 35.5. The van der Waals surface area contributed by atoms with Crippen LogP contribution < -0.4 is 11.1 Å². The van der Waals surface area contributed by atoms with Crippen molar-refractivity contribution in [2.45, 2.75) is 6.92 Å². The minimum Gasteiger partial charge on any atom is -0.440 e. The van der Waals surface area contributed by atoms with Crippen molar-refractivity contribution in [2.75, 3.05) is 11.1 Å². The van der Waals surface area contributed by atoms with Gasteiger partial charge in [0.15, 0.2) is 11.0 Å². The number of carbonyl (C=O) groups excluding carboxylic acids is 1. The van der Waals surface area contributed by atoms with Crippen molar-refractivity contribution in [2.24, 2.45) is 0 Å². The number of furan rings is 1. The molecule has 2 rings (SSSR count). The molecule has 0 spiro atoms. The predicted octanol–water partition coefficient (Wildman–Crippen LogP) is 2.47. The van der Waals surface area contributed by atoms with Crippen LogP contribution in [0.25, 0.3) is 0 Å². The van der Waals surface area contributed by atoms with Crippen molar-refractivity contribution in [3.8, 4) is 0 Å². The Labute approximate surface area is 103 Å². The fourth-order valence-electron chi connectivity index (χ4n) is 1.25. The summed E-state index contributed by atoms with van der Waals surface area (Å²) in [6, 6.07) is 4.66. The Bertz CT molecular complexity index is 566. The smallest absolute Gasteiger partial charge is 0.292 e. The molecule has 0 aliphatic carbocycles. The largest absolute Gasteiger partial charge is 0.440 e. The molecule has 2 heterocycles. The third kappa shape index (κ3) is 2.57. The maximum absolute atomic E-state index is 11.7.